The highest BCUT2D eigenvalue weighted by atomic mass is 15.2. The number of hydrogen-bond donors (Lipinski definition) is 2. The predicted molar refractivity (Wildman–Crippen MR) is 79.3 cm³/mol. The topological polar surface area (TPSA) is 67.1 Å². The van der Waals surface area contributed by atoms with Crippen molar-refractivity contribution in [3.05, 3.63) is 11.4 Å². The van der Waals surface area contributed by atoms with Gasteiger partial charge in [0.2, 0.25) is 0 Å². The lowest BCUT2D eigenvalue weighted by atomic mass is 10.2. The number of hydrogen-bond acceptors (Lipinski definition) is 5. The van der Waals surface area contributed by atoms with E-state index < -0.39 is 0 Å². The van der Waals surface area contributed by atoms with Gasteiger partial charge in [-0.25, -0.2) is 9.97 Å². The van der Waals surface area contributed by atoms with Gasteiger partial charge in [0.05, 0.1) is 0 Å². The van der Waals surface area contributed by atoms with Crippen LogP contribution in [0, 0.1) is 6.92 Å². The molecule has 1 unspecified atom stereocenters. The summed E-state index contributed by atoms with van der Waals surface area (Å²) in [7, 11) is 0. The number of nitrogen functional groups attached to an aromatic ring is 1. The van der Waals surface area contributed by atoms with Gasteiger partial charge in [0.15, 0.2) is 0 Å². The van der Waals surface area contributed by atoms with Crippen molar-refractivity contribution in [2.45, 2.75) is 46.1 Å². The maximum Gasteiger partial charge on any atom is 0.134 e. The van der Waals surface area contributed by atoms with Gasteiger partial charge in [-0.05, 0) is 32.9 Å². The average molecular weight is 263 g/mol. The van der Waals surface area contributed by atoms with Crippen LogP contribution in [0.15, 0.2) is 0 Å². The third-order valence-corrected chi connectivity index (χ3v) is 3.96. The number of aryl methyl sites for hydroxylation is 1. The summed E-state index contributed by atoms with van der Waals surface area (Å²) in [5.41, 5.74) is 6.89. The zero-order valence-electron chi connectivity index (χ0n) is 12.2. The maximum absolute atomic E-state index is 5.93. The van der Waals surface area contributed by atoms with E-state index in [0.717, 1.165) is 36.7 Å². The summed E-state index contributed by atoms with van der Waals surface area (Å²) in [6.45, 7) is 9.52. The lowest BCUT2D eigenvalue weighted by Crippen LogP contribution is -2.35. The number of likely N-dealkylation sites (tertiary alicyclic amines) is 1. The molecule has 1 aliphatic heterocycles. The van der Waals surface area contributed by atoms with E-state index in [-0.39, 0.29) is 0 Å². The van der Waals surface area contributed by atoms with Crippen LogP contribution in [0.5, 0.6) is 0 Å². The van der Waals surface area contributed by atoms with E-state index in [9.17, 15) is 0 Å². The van der Waals surface area contributed by atoms with Gasteiger partial charge in [-0.1, -0.05) is 13.8 Å². The summed E-state index contributed by atoms with van der Waals surface area (Å²) >= 11 is 0. The quantitative estimate of drug-likeness (QED) is 0.848. The molecule has 1 aliphatic rings. The summed E-state index contributed by atoms with van der Waals surface area (Å²) in [5.74, 6) is 2.30. The van der Waals surface area contributed by atoms with E-state index in [4.69, 9.17) is 5.73 Å². The van der Waals surface area contributed by atoms with Crippen LogP contribution >= 0.6 is 0 Å². The van der Waals surface area contributed by atoms with E-state index >= 15 is 0 Å². The summed E-state index contributed by atoms with van der Waals surface area (Å²) in [5, 5.41) is 3.46. The first-order valence-corrected chi connectivity index (χ1v) is 7.26. The third kappa shape index (κ3) is 3.15. The Labute approximate surface area is 115 Å². The van der Waals surface area contributed by atoms with Crippen molar-refractivity contribution in [1.82, 2.24) is 14.9 Å². The standard InChI is InChI=1S/C14H25N5/c1-4-12-17-13(15)10(3)14(18-12)16-9-11-7-6-8-19(11)5-2/h11H,4-9H2,1-3H3,(H3,15,16,17,18). The normalized spacial score (nSPS) is 19.8. The van der Waals surface area contributed by atoms with Gasteiger partial charge in [0.1, 0.15) is 17.5 Å². The van der Waals surface area contributed by atoms with Crippen LogP contribution in [0.4, 0.5) is 11.6 Å². The molecule has 0 radical (unpaired) electrons. The Bertz CT molecular complexity index is 432. The highest BCUT2D eigenvalue weighted by Gasteiger charge is 2.22. The van der Waals surface area contributed by atoms with Gasteiger partial charge in [0, 0.05) is 24.6 Å². The van der Waals surface area contributed by atoms with E-state index in [1.165, 1.54) is 19.4 Å². The zero-order valence-corrected chi connectivity index (χ0v) is 12.2. The molecule has 5 nitrogen and oxygen atoms in total. The molecule has 1 aromatic heterocycles. The minimum absolute atomic E-state index is 0.591. The van der Waals surface area contributed by atoms with E-state index in [1.807, 2.05) is 13.8 Å². The van der Waals surface area contributed by atoms with Crippen LogP contribution in [0.1, 0.15) is 38.1 Å². The highest BCUT2D eigenvalue weighted by molar-refractivity contribution is 5.54. The first kappa shape index (κ1) is 14.1. The Kier molecular flexibility index (Phi) is 4.58. The number of nitrogens with zero attached hydrogens (tertiary/aromatic N) is 3. The molecular formula is C14H25N5. The van der Waals surface area contributed by atoms with Crippen LogP contribution in [0.3, 0.4) is 0 Å². The first-order valence-electron chi connectivity index (χ1n) is 7.26. The van der Waals surface area contributed by atoms with Gasteiger partial charge >= 0.3 is 0 Å². The Morgan fingerprint density at radius 2 is 2.16 bits per heavy atom. The predicted octanol–water partition coefficient (Wildman–Crippen LogP) is 1.83. The molecule has 1 aromatic rings. The van der Waals surface area contributed by atoms with Crippen LogP contribution < -0.4 is 11.1 Å². The summed E-state index contributed by atoms with van der Waals surface area (Å²) in [4.78, 5) is 11.3. The van der Waals surface area contributed by atoms with Crippen LogP contribution in [0.25, 0.3) is 0 Å². The summed E-state index contributed by atoms with van der Waals surface area (Å²) in [6.07, 6.45) is 3.37. The van der Waals surface area contributed by atoms with Crippen molar-refractivity contribution in [3.63, 3.8) is 0 Å². The molecule has 0 bridgehead atoms. The molecule has 0 aliphatic carbocycles. The van der Waals surface area contributed by atoms with E-state index in [2.05, 4.69) is 27.1 Å². The van der Waals surface area contributed by atoms with Crippen molar-refractivity contribution in [1.29, 1.82) is 0 Å². The second kappa shape index (κ2) is 6.19. The maximum atomic E-state index is 5.93. The molecule has 106 valence electrons. The highest BCUT2D eigenvalue weighted by Crippen LogP contribution is 2.20. The molecule has 1 fully saturated rings. The number of anilines is 2. The Balaban J connectivity index is 2.04. The lowest BCUT2D eigenvalue weighted by molar-refractivity contribution is 0.277. The number of nitrogens with one attached hydrogen (secondary N) is 1. The molecule has 1 saturated heterocycles. The van der Waals surface area contributed by atoms with E-state index in [0.29, 0.717) is 11.9 Å². The molecule has 1 atom stereocenters. The Hall–Kier alpha value is -1.36. The summed E-state index contributed by atoms with van der Waals surface area (Å²) in [6, 6.07) is 0.616. The minimum atomic E-state index is 0.591. The van der Waals surface area contributed by atoms with Crippen LogP contribution in [-0.4, -0.2) is 40.5 Å². The first-order chi connectivity index (χ1) is 9.15. The van der Waals surface area contributed by atoms with Gasteiger partial charge in [-0.3, -0.25) is 4.90 Å². The number of nitrogens with two attached hydrogens (primary N) is 1. The van der Waals surface area contributed by atoms with Crippen molar-refractivity contribution < 1.29 is 0 Å². The monoisotopic (exact) mass is 263 g/mol. The lowest BCUT2D eigenvalue weighted by Gasteiger charge is -2.23. The fourth-order valence-corrected chi connectivity index (χ4v) is 2.67. The summed E-state index contributed by atoms with van der Waals surface area (Å²) < 4.78 is 0. The number of likely N-dealkylation sites (N-methyl/N-ethyl adjacent to an activating group) is 1. The van der Waals surface area contributed by atoms with Crippen molar-refractivity contribution >= 4 is 11.6 Å². The van der Waals surface area contributed by atoms with Gasteiger partial charge in [-0.15, -0.1) is 0 Å². The molecular weight excluding hydrogens is 238 g/mol. The van der Waals surface area contributed by atoms with Crippen molar-refractivity contribution in [3.8, 4) is 0 Å². The van der Waals surface area contributed by atoms with Gasteiger partial charge < -0.3 is 11.1 Å². The second-order valence-electron chi connectivity index (χ2n) is 5.16. The number of rotatable bonds is 5. The van der Waals surface area contributed by atoms with E-state index in [1.54, 1.807) is 0 Å². The van der Waals surface area contributed by atoms with Crippen LogP contribution in [-0.2, 0) is 6.42 Å². The minimum Gasteiger partial charge on any atom is -0.383 e. The van der Waals surface area contributed by atoms with Gasteiger partial charge in [-0.2, -0.15) is 0 Å². The fraction of sp³-hybridized carbons (Fsp3) is 0.714. The van der Waals surface area contributed by atoms with Crippen LogP contribution in [0.2, 0.25) is 0 Å². The second-order valence-corrected chi connectivity index (χ2v) is 5.16. The molecule has 0 saturated carbocycles. The molecule has 3 N–H and O–H groups in total. The molecule has 0 spiro atoms. The molecule has 2 rings (SSSR count). The number of aromatic nitrogens is 2. The Morgan fingerprint density at radius 1 is 1.37 bits per heavy atom. The molecule has 0 aromatic carbocycles. The molecule has 0 amide bonds. The fourth-order valence-electron chi connectivity index (χ4n) is 2.67. The molecule has 5 heteroatoms. The Morgan fingerprint density at radius 3 is 2.84 bits per heavy atom. The third-order valence-electron chi connectivity index (χ3n) is 3.96. The average Bonchev–Trinajstić information content (AvgIpc) is 2.87. The molecule has 19 heavy (non-hydrogen) atoms. The largest absolute Gasteiger partial charge is 0.383 e. The van der Waals surface area contributed by atoms with Crippen molar-refractivity contribution in [2.75, 3.05) is 30.7 Å². The van der Waals surface area contributed by atoms with Gasteiger partial charge in [0.25, 0.3) is 0 Å². The smallest absolute Gasteiger partial charge is 0.134 e. The SMILES string of the molecule is CCc1nc(N)c(C)c(NCC2CCCN2CC)n1. The molecule has 2 heterocycles. The zero-order chi connectivity index (χ0) is 13.8. The van der Waals surface area contributed by atoms with Crippen molar-refractivity contribution in [2.24, 2.45) is 0 Å².